The molecule has 0 aliphatic rings. The van der Waals surface area contributed by atoms with Crippen LogP contribution in [0, 0.1) is 6.92 Å². The average Bonchev–Trinajstić information content (AvgIpc) is 2.93. The van der Waals surface area contributed by atoms with Gasteiger partial charge in [-0.15, -0.1) is 0 Å². The highest BCUT2D eigenvalue weighted by Crippen LogP contribution is 2.17. The fraction of sp³-hybridized carbons (Fsp3) is 0.150. The van der Waals surface area contributed by atoms with Gasteiger partial charge in [-0.05, 0) is 42.3 Å². The van der Waals surface area contributed by atoms with E-state index < -0.39 is 0 Å². The topological polar surface area (TPSA) is 22.0 Å². The number of hydrogen-bond acceptors (Lipinski definition) is 1. The summed E-state index contributed by atoms with van der Waals surface area (Å²) < 4.78 is 2.07. The van der Waals surface area contributed by atoms with E-state index in [1.54, 1.807) is 0 Å². The standard InChI is InChI=1S/C20H18ClNO/c1-15-2-4-16(5-3-15)12-19-10-11-20(14-23)22(19)13-17-6-8-18(21)9-7-17/h2-11,14H,12-13H2,1H3. The van der Waals surface area contributed by atoms with Crippen LogP contribution in [0.1, 0.15) is 32.9 Å². The molecular formula is C20H18ClNO. The van der Waals surface area contributed by atoms with Crippen molar-refractivity contribution in [1.82, 2.24) is 4.57 Å². The SMILES string of the molecule is Cc1ccc(Cc2ccc(C=O)n2Cc2ccc(Cl)cc2)cc1. The number of hydrogen-bond donors (Lipinski definition) is 0. The third-order valence-electron chi connectivity index (χ3n) is 3.99. The van der Waals surface area contributed by atoms with Gasteiger partial charge in [0.2, 0.25) is 0 Å². The molecule has 0 aliphatic carbocycles. The number of aldehydes is 1. The Kier molecular flexibility index (Phi) is 4.63. The van der Waals surface area contributed by atoms with Crippen molar-refractivity contribution in [2.75, 3.05) is 0 Å². The van der Waals surface area contributed by atoms with Crippen LogP contribution in [0.25, 0.3) is 0 Å². The van der Waals surface area contributed by atoms with Crippen LogP contribution in [0.15, 0.2) is 60.7 Å². The van der Waals surface area contributed by atoms with E-state index in [0.29, 0.717) is 12.2 Å². The molecule has 1 heterocycles. The lowest BCUT2D eigenvalue weighted by Gasteiger charge is -2.12. The first-order valence-electron chi connectivity index (χ1n) is 7.59. The van der Waals surface area contributed by atoms with Gasteiger partial charge in [0, 0.05) is 23.7 Å². The minimum atomic E-state index is 0.666. The Morgan fingerprint density at radius 3 is 2.22 bits per heavy atom. The van der Waals surface area contributed by atoms with Gasteiger partial charge in [0.1, 0.15) is 0 Å². The van der Waals surface area contributed by atoms with Crippen LogP contribution in [0.3, 0.4) is 0 Å². The molecule has 0 radical (unpaired) electrons. The molecule has 1 aromatic heterocycles. The molecule has 2 nitrogen and oxygen atoms in total. The number of nitrogens with zero attached hydrogens (tertiary/aromatic N) is 1. The predicted octanol–water partition coefficient (Wildman–Crippen LogP) is 4.90. The fourth-order valence-corrected chi connectivity index (χ4v) is 2.79. The van der Waals surface area contributed by atoms with Crippen molar-refractivity contribution in [1.29, 1.82) is 0 Å². The number of benzene rings is 2. The molecule has 116 valence electrons. The van der Waals surface area contributed by atoms with Crippen LogP contribution in [-0.4, -0.2) is 10.9 Å². The molecule has 3 rings (SSSR count). The summed E-state index contributed by atoms with van der Waals surface area (Å²) in [6.07, 6.45) is 1.72. The van der Waals surface area contributed by atoms with Gasteiger partial charge in [-0.1, -0.05) is 53.6 Å². The summed E-state index contributed by atoms with van der Waals surface area (Å²) >= 11 is 5.94. The summed E-state index contributed by atoms with van der Waals surface area (Å²) in [6, 6.07) is 20.1. The van der Waals surface area contributed by atoms with Gasteiger partial charge in [0.15, 0.2) is 6.29 Å². The summed E-state index contributed by atoms with van der Waals surface area (Å²) in [5, 5.41) is 0.719. The Morgan fingerprint density at radius 2 is 1.57 bits per heavy atom. The first-order chi connectivity index (χ1) is 11.2. The quantitative estimate of drug-likeness (QED) is 0.612. The predicted molar refractivity (Wildman–Crippen MR) is 94.4 cm³/mol. The van der Waals surface area contributed by atoms with Crippen LogP contribution in [0.2, 0.25) is 5.02 Å². The number of carbonyl (C=O) groups excluding carboxylic acids is 1. The van der Waals surface area contributed by atoms with E-state index in [2.05, 4.69) is 35.8 Å². The maximum Gasteiger partial charge on any atom is 0.166 e. The molecule has 0 saturated heterocycles. The second kappa shape index (κ2) is 6.84. The van der Waals surface area contributed by atoms with Crippen LogP contribution < -0.4 is 0 Å². The molecule has 0 bridgehead atoms. The molecule has 2 aromatic carbocycles. The van der Waals surface area contributed by atoms with E-state index in [1.807, 2.05) is 36.4 Å². The molecule has 0 N–H and O–H groups in total. The molecule has 0 atom stereocenters. The zero-order valence-corrected chi connectivity index (χ0v) is 13.8. The maximum absolute atomic E-state index is 11.3. The van der Waals surface area contributed by atoms with Gasteiger partial charge >= 0.3 is 0 Å². The van der Waals surface area contributed by atoms with E-state index in [4.69, 9.17) is 11.6 Å². The smallest absolute Gasteiger partial charge is 0.166 e. The average molecular weight is 324 g/mol. The highest BCUT2D eigenvalue weighted by atomic mass is 35.5. The minimum Gasteiger partial charge on any atom is -0.338 e. The van der Waals surface area contributed by atoms with Crippen molar-refractivity contribution in [3.8, 4) is 0 Å². The fourth-order valence-electron chi connectivity index (χ4n) is 2.66. The van der Waals surface area contributed by atoms with Crippen LogP contribution >= 0.6 is 11.6 Å². The summed E-state index contributed by atoms with van der Waals surface area (Å²) in [7, 11) is 0. The van der Waals surface area contributed by atoms with Gasteiger partial charge in [0.05, 0.1) is 5.69 Å². The van der Waals surface area contributed by atoms with Crippen molar-refractivity contribution in [2.24, 2.45) is 0 Å². The number of carbonyl (C=O) groups is 1. The zero-order chi connectivity index (χ0) is 16.2. The first kappa shape index (κ1) is 15.6. The number of aromatic nitrogens is 1. The molecule has 23 heavy (non-hydrogen) atoms. The Balaban J connectivity index is 1.89. The van der Waals surface area contributed by atoms with Crippen LogP contribution in [0.5, 0.6) is 0 Å². The number of halogens is 1. The lowest BCUT2D eigenvalue weighted by molar-refractivity contribution is 0.111. The highest BCUT2D eigenvalue weighted by Gasteiger charge is 2.09. The molecule has 0 fully saturated rings. The number of rotatable bonds is 5. The molecule has 0 amide bonds. The molecule has 0 unspecified atom stereocenters. The Morgan fingerprint density at radius 1 is 0.913 bits per heavy atom. The first-order valence-corrected chi connectivity index (χ1v) is 7.97. The third-order valence-corrected chi connectivity index (χ3v) is 4.24. The summed E-state index contributed by atoms with van der Waals surface area (Å²) in [4.78, 5) is 11.3. The van der Waals surface area contributed by atoms with Gasteiger partial charge < -0.3 is 4.57 Å². The van der Waals surface area contributed by atoms with E-state index >= 15 is 0 Å². The Hall–Kier alpha value is -2.32. The monoisotopic (exact) mass is 323 g/mol. The largest absolute Gasteiger partial charge is 0.338 e. The number of aryl methyl sites for hydroxylation is 1. The minimum absolute atomic E-state index is 0.666. The highest BCUT2D eigenvalue weighted by molar-refractivity contribution is 6.30. The maximum atomic E-state index is 11.3. The Bertz CT molecular complexity index is 801. The van der Waals surface area contributed by atoms with Crippen molar-refractivity contribution in [3.05, 3.63) is 93.8 Å². The van der Waals surface area contributed by atoms with Gasteiger partial charge in [-0.3, -0.25) is 4.79 Å². The molecule has 0 saturated carbocycles. The molecule has 0 aliphatic heterocycles. The van der Waals surface area contributed by atoms with Crippen LogP contribution in [0.4, 0.5) is 0 Å². The summed E-state index contributed by atoms with van der Waals surface area (Å²) in [5.41, 5.74) is 5.44. The second-order valence-electron chi connectivity index (χ2n) is 5.74. The molecule has 3 aromatic rings. The lowest BCUT2D eigenvalue weighted by Crippen LogP contribution is -2.08. The molecule has 0 spiro atoms. The zero-order valence-electron chi connectivity index (χ0n) is 13.0. The summed E-state index contributed by atoms with van der Waals surface area (Å²) in [5.74, 6) is 0. The Labute approximate surface area is 141 Å². The van der Waals surface area contributed by atoms with Gasteiger partial charge in [-0.2, -0.15) is 0 Å². The normalized spacial score (nSPS) is 10.7. The van der Waals surface area contributed by atoms with E-state index in [1.165, 1.54) is 11.1 Å². The third kappa shape index (κ3) is 3.72. The van der Waals surface area contributed by atoms with E-state index in [-0.39, 0.29) is 0 Å². The van der Waals surface area contributed by atoms with E-state index in [0.717, 1.165) is 29.0 Å². The summed E-state index contributed by atoms with van der Waals surface area (Å²) in [6.45, 7) is 2.75. The van der Waals surface area contributed by atoms with Gasteiger partial charge in [0.25, 0.3) is 0 Å². The van der Waals surface area contributed by atoms with Crippen molar-refractivity contribution in [2.45, 2.75) is 19.9 Å². The molecular weight excluding hydrogens is 306 g/mol. The van der Waals surface area contributed by atoms with Crippen molar-refractivity contribution >= 4 is 17.9 Å². The lowest BCUT2D eigenvalue weighted by atomic mass is 10.1. The molecule has 3 heteroatoms. The van der Waals surface area contributed by atoms with Crippen LogP contribution in [-0.2, 0) is 13.0 Å². The van der Waals surface area contributed by atoms with E-state index in [9.17, 15) is 4.79 Å². The second-order valence-corrected chi connectivity index (χ2v) is 6.18. The van der Waals surface area contributed by atoms with Crippen molar-refractivity contribution in [3.63, 3.8) is 0 Å². The van der Waals surface area contributed by atoms with Crippen molar-refractivity contribution < 1.29 is 4.79 Å². The van der Waals surface area contributed by atoms with Gasteiger partial charge in [-0.25, -0.2) is 0 Å².